The summed E-state index contributed by atoms with van der Waals surface area (Å²) in [6.45, 7) is 0.534. The SMILES string of the molecule is O=C(COc1ccc2c3c(c(=O)oc2c1)CCC3)NC[C@@H]1COc2ccccc2O1. The molecule has 154 valence electrons. The van der Waals surface area contributed by atoms with Crippen LogP contribution in [0.2, 0.25) is 0 Å². The third-order valence-electron chi connectivity index (χ3n) is 5.41. The van der Waals surface area contributed by atoms with Crippen LogP contribution in [0, 0.1) is 0 Å². The third-order valence-corrected chi connectivity index (χ3v) is 5.41. The molecule has 0 fully saturated rings. The predicted octanol–water partition coefficient (Wildman–Crippen LogP) is 2.62. The van der Waals surface area contributed by atoms with Gasteiger partial charge in [-0.2, -0.15) is 0 Å². The monoisotopic (exact) mass is 407 g/mol. The normalized spacial score (nSPS) is 16.9. The molecule has 1 atom stereocenters. The van der Waals surface area contributed by atoms with Gasteiger partial charge in [0.25, 0.3) is 5.91 Å². The third kappa shape index (κ3) is 3.58. The Labute approximate surface area is 172 Å². The number of benzene rings is 2. The molecular formula is C23H21NO6. The van der Waals surface area contributed by atoms with Gasteiger partial charge in [-0.05, 0) is 49.1 Å². The highest BCUT2D eigenvalue weighted by Crippen LogP contribution is 2.31. The van der Waals surface area contributed by atoms with Crippen molar-refractivity contribution in [3.8, 4) is 17.2 Å². The van der Waals surface area contributed by atoms with E-state index < -0.39 is 0 Å². The van der Waals surface area contributed by atoms with Crippen LogP contribution >= 0.6 is 0 Å². The van der Waals surface area contributed by atoms with E-state index in [1.54, 1.807) is 12.1 Å². The first-order valence-corrected chi connectivity index (χ1v) is 10.0. The number of carbonyl (C=O) groups excluding carboxylic acids is 1. The van der Waals surface area contributed by atoms with Gasteiger partial charge < -0.3 is 23.9 Å². The summed E-state index contributed by atoms with van der Waals surface area (Å²) in [5, 5.41) is 3.73. The highest BCUT2D eigenvalue weighted by Gasteiger charge is 2.22. The van der Waals surface area contributed by atoms with Gasteiger partial charge in [-0.15, -0.1) is 0 Å². The number of fused-ring (bicyclic) bond motifs is 4. The van der Waals surface area contributed by atoms with Gasteiger partial charge in [0, 0.05) is 17.0 Å². The molecule has 7 nitrogen and oxygen atoms in total. The number of aryl methyl sites for hydroxylation is 1. The Kier molecular flexibility index (Phi) is 4.78. The number of amides is 1. The number of rotatable bonds is 5. The number of para-hydroxylation sites is 2. The van der Waals surface area contributed by atoms with Crippen molar-refractivity contribution in [1.82, 2.24) is 5.32 Å². The van der Waals surface area contributed by atoms with Gasteiger partial charge in [-0.3, -0.25) is 4.79 Å². The lowest BCUT2D eigenvalue weighted by Gasteiger charge is -2.26. The molecule has 2 aliphatic rings. The molecule has 0 saturated heterocycles. The molecule has 30 heavy (non-hydrogen) atoms. The van der Waals surface area contributed by atoms with E-state index in [-0.39, 0.29) is 24.2 Å². The van der Waals surface area contributed by atoms with Crippen molar-refractivity contribution < 1.29 is 23.4 Å². The smallest absolute Gasteiger partial charge is 0.339 e. The van der Waals surface area contributed by atoms with Crippen LogP contribution in [-0.2, 0) is 17.6 Å². The minimum absolute atomic E-state index is 0.148. The molecule has 0 bridgehead atoms. The molecule has 0 saturated carbocycles. The van der Waals surface area contributed by atoms with Gasteiger partial charge in [0.1, 0.15) is 24.0 Å². The van der Waals surface area contributed by atoms with Crippen molar-refractivity contribution in [1.29, 1.82) is 0 Å². The molecule has 0 spiro atoms. The van der Waals surface area contributed by atoms with Crippen LogP contribution in [0.25, 0.3) is 11.0 Å². The van der Waals surface area contributed by atoms with Crippen molar-refractivity contribution in [2.45, 2.75) is 25.4 Å². The van der Waals surface area contributed by atoms with Crippen LogP contribution in [0.15, 0.2) is 51.7 Å². The molecule has 1 amide bonds. The summed E-state index contributed by atoms with van der Waals surface area (Å²) in [7, 11) is 0. The fourth-order valence-electron chi connectivity index (χ4n) is 3.95. The largest absolute Gasteiger partial charge is 0.486 e. The molecule has 1 N–H and O–H groups in total. The highest BCUT2D eigenvalue weighted by molar-refractivity contribution is 5.83. The van der Waals surface area contributed by atoms with Crippen LogP contribution in [0.1, 0.15) is 17.5 Å². The Morgan fingerprint density at radius 1 is 1.10 bits per heavy atom. The van der Waals surface area contributed by atoms with Gasteiger partial charge in [0.15, 0.2) is 18.1 Å². The maximum atomic E-state index is 12.2. The molecule has 0 unspecified atom stereocenters. The van der Waals surface area contributed by atoms with Crippen molar-refractivity contribution in [3.05, 3.63) is 64.0 Å². The summed E-state index contributed by atoms with van der Waals surface area (Å²) >= 11 is 0. The maximum Gasteiger partial charge on any atom is 0.339 e. The van der Waals surface area contributed by atoms with Crippen molar-refractivity contribution in [2.24, 2.45) is 0 Å². The quantitative estimate of drug-likeness (QED) is 0.655. The lowest BCUT2D eigenvalue weighted by Crippen LogP contribution is -2.42. The van der Waals surface area contributed by atoms with Gasteiger partial charge in [0.2, 0.25) is 0 Å². The summed E-state index contributed by atoms with van der Waals surface area (Å²) in [6, 6.07) is 12.8. The second-order valence-electron chi connectivity index (χ2n) is 7.45. The van der Waals surface area contributed by atoms with Crippen LogP contribution in [0.4, 0.5) is 0 Å². The van der Waals surface area contributed by atoms with Crippen LogP contribution in [0.3, 0.4) is 0 Å². The standard InChI is InChI=1S/C23H21NO6/c25-22(24-11-15-12-28-19-6-1-2-7-20(19)29-15)13-27-14-8-9-17-16-4-3-5-18(16)23(26)30-21(17)10-14/h1-2,6-10,15H,3-5,11-13H2,(H,24,25)/t15-/m1/s1. The average molecular weight is 407 g/mol. The van der Waals surface area contributed by atoms with Crippen LogP contribution < -0.4 is 25.2 Å². The Morgan fingerprint density at radius 2 is 1.93 bits per heavy atom. The van der Waals surface area contributed by atoms with E-state index in [1.165, 1.54) is 0 Å². The van der Waals surface area contributed by atoms with E-state index in [2.05, 4.69) is 5.32 Å². The summed E-state index contributed by atoms with van der Waals surface area (Å²) in [5.41, 5.74) is 2.07. The Balaban J connectivity index is 1.17. The van der Waals surface area contributed by atoms with Crippen molar-refractivity contribution in [3.63, 3.8) is 0 Å². The second-order valence-corrected chi connectivity index (χ2v) is 7.45. The molecule has 2 aromatic carbocycles. The minimum Gasteiger partial charge on any atom is -0.486 e. The Morgan fingerprint density at radius 3 is 2.83 bits per heavy atom. The van der Waals surface area contributed by atoms with E-state index in [0.717, 1.165) is 35.8 Å². The summed E-state index contributed by atoms with van der Waals surface area (Å²) in [4.78, 5) is 24.3. The number of ether oxygens (including phenoxy) is 3. The molecule has 2 heterocycles. The summed E-state index contributed by atoms with van der Waals surface area (Å²) in [5.74, 6) is 1.58. The maximum absolute atomic E-state index is 12.2. The number of nitrogens with one attached hydrogen (secondary N) is 1. The molecule has 1 aromatic heterocycles. The first-order valence-electron chi connectivity index (χ1n) is 10.0. The minimum atomic E-state index is -0.277. The highest BCUT2D eigenvalue weighted by atomic mass is 16.6. The fourth-order valence-corrected chi connectivity index (χ4v) is 3.95. The van der Waals surface area contributed by atoms with Gasteiger partial charge in [-0.1, -0.05) is 12.1 Å². The first-order chi connectivity index (χ1) is 14.7. The average Bonchev–Trinajstić information content (AvgIpc) is 3.27. The van der Waals surface area contributed by atoms with Gasteiger partial charge in [-0.25, -0.2) is 4.79 Å². The summed E-state index contributed by atoms with van der Waals surface area (Å²) in [6.07, 6.45) is 2.37. The van der Waals surface area contributed by atoms with Crippen LogP contribution in [0.5, 0.6) is 17.2 Å². The molecule has 0 radical (unpaired) electrons. The van der Waals surface area contributed by atoms with Crippen molar-refractivity contribution >= 4 is 16.9 Å². The van der Waals surface area contributed by atoms with Gasteiger partial charge in [0.05, 0.1) is 6.54 Å². The molecule has 1 aliphatic heterocycles. The van der Waals surface area contributed by atoms with E-state index in [9.17, 15) is 9.59 Å². The van der Waals surface area contributed by atoms with E-state index in [1.807, 2.05) is 30.3 Å². The van der Waals surface area contributed by atoms with Gasteiger partial charge >= 0.3 is 5.63 Å². The van der Waals surface area contributed by atoms with E-state index in [4.69, 9.17) is 18.6 Å². The number of carbonyl (C=O) groups is 1. The number of hydrogen-bond acceptors (Lipinski definition) is 6. The lowest BCUT2D eigenvalue weighted by molar-refractivity contribution is -0.123. The molecular weight excluding hydrogens is 386 g/mol. The fraction of sp³-hybridized carbons (Fsp3) is 0.304. The zero-order valence-corrected chi connectivity index (χ0v) is 16.3. The van der Waals surface area contributed by atoms with E-state index >= 15 is 0 Å². The van der Waals surface area contributed by atoms with Crippen LogP contribution in [-0.4, -0.2) is 31.8 Å². The number of hydrogen-bond donors (Lipinski definition) is 1. The second kappa shape index (κ2) is 7.74. The predicted molar refractivity (Wildman–Crippen MR) is 109 cm³/mol. The molecule has 3 aromatic rings. The molecule has 1 aliphatic carbocycles. The Bertz CT molecular complexity index is 1170. The topological polar surface area (TPSA) is 87.0 Å². The molecule has 5 rings (SSSR count). The van der Waals surface area contributed by atoms with Crippen molar-refractivity contribution in [2.75, 3.05) is 19.8 Å². The lowest BCUT2D eigenvalue weighted by atomic mass is 10.1. The summed E-state index contributed by atoms with van der Waals surface area (Å²) < 4.78 is 22.5. The Hall–Kier alpha value is -3.48. The zero-order valence-electron chi connectivity index (χ0n) is 16.3. The zero-order chi connectivity index (χ0) is 20.5. The molecule has 7 heteroatoms. The van der Waals surface area contributed by atoms with E-state index in [0.29, 0.717) is 36.0 Å². The first kappa shape index (κ1) is 18.5.